The molecular formula is C21H19Cl2N3O3. The van der Waals surface area contributed by atoms with Crippen LogP contribution in [0.2, 0.25) is 10.0 Å². The average molecular weight is 432 g/mol. The van der Waals surface area contributed by atoms with Crippen LogP contribution in [-0.2, 0) is 11.3 Å². The molecule has 2 fully saturated rings. The van der Waals surface area contributed by atoms with Gasteiger partial charge in [0.1, 0.15) is 5.54 Å². The molecule has 1 N–H and O–H groups in total. The number of rotatable bonds is 3. The van der Waals surface area contributed by atoms with Crippen molar-refractivity contribution in [3.05, 3.63) is 69.7 Å². The van der Waals surface area contributed by atoms with Gasteiger partial charge in [-0.15, -0.1) is 0 Å². The Bertz CT molecular complexity index is 979. The van der Waals surface area contributed by atoms with Crippen LogP contribution < -0.4 is 5.32 Å². The first-order chi connectivity index (χ1) is 13.9. The van der Waals surface area contributed by atoms with Gasteiger partial charge in [0.05, 0.1) is 23.7 Å². The number of hydrogen-bond acceptors (Lipinski definition) is 3. The van der Waals surface area contributed by atoms with E-state index in [1.807, 2.05) is 0 Å². The van der Waals surface area contributed by atoms with Crippen LogP contribution in [-0.4, -0.2) is 46.3 Å². The lowest BCUT2D eigenvalue weighted by Crippen LogP contribution is -2.59. The van der Waals surface area contributed by atoms with Gasteiger partial charge in [0, 0.05) is 11.6 Å². The van der Waals surface area contributed by atoms with Crippen molar-refractivity contribution in [2.45, 2.75) is 24.9 Å². The maximum absolute atomic E-state index is 13.2. The van der Waals surface area contributed by atoms with Gasteiger partial charge >= 0.3 is 6.03 Å². The highest BCUT2D eigenvalue weighted by molar-refractivity contribution is 6.33. The fourth-order valence-corrected chi connectivity index (χ4v) is 4.25. The Balaban J connectivity index is 1.54. The molecule has 150 valence electrons. The zero-order valence-electron chi connectivity index (χ0n) is 15.5. The molecule has 2 heterocycles. The molecule has 2 saturated heterocycles. The van der Waals surface area contributed by atoms with Crippen LogP contribution in [0.1, 0.15) is 28.8 Å². The van der Waals surface area contributed by atoms with E-state index in [2.05, 4.69) is 5.32 Å². The van der Waals surface area contributed by atoms with Gasteiger partial charge in [-0.3, -0.25) is 14.5 Å². The zero-order chi connectivity index (χ0) is 20.6. The lowest BCUT2D eigenvalue weighted by atomic mass is 9.88. The van der Waals surface area contributed by atoms with Crippen LogP contribution in [0, 0.1) is 0 Å². The summed E-state index contributed by atoms with van der Waals surface area (Å²) in [5.41, 5.74) is 0.0920. The molecule has 8 heteroatoms. The number of benzene rings is 2. The van der Waals surface area contributed by atoms with Crippen LogP contribution in [0.3, 0.4) is 0 Å². The minimum absolute atomic E-state index is 0.124. The second kappa shape index (κ2) is 7.69. The first kappa shape index (κ1) is 19.7. The number of urea groups is 1. The van der Waals surface area contributed by atoms with Crippen molar-refractivity contribution in [2.75, 3.05) is 13.1 Å². The molecule has 0 saturated carbocycles. The summed E-state index contributed by atoms with van der Waals surface area (Å²) < 4.78 is 0. The summed E-state index contributed by atoms with van der Waals surface area (Å²) >= 11 is 12.1. The van der Waals surface area contributed by atoms with E-state index in [4.69, 9.17) is 23.2 Å². The van der Waals surface area contributed by atoms with Crippen LogP contribution in [0.25, 0.3) is 0 Å². The Kier molecular flexibility index (Phi) is 5.23. The van der Waals surface area contributed by atoms with Gasteiger partial charge < -0.3 is 10.2 Å². The molecular weight excluding hydrogens is 413 g/mol. The van der Waals surface area contributed by atoms with Crippen LogP contribution in [0.15, 0.2) is 48.5 Å². The molecule has 1 atom stereocenters. The number of carbonyl (C=O) groups is 3. The van der Waals surface area contributed by atoms with E-state index in [-0.39, 0.29) is 24.9 Å². The van der Waals surface area contributed by atoms with Crippen molar-refractivity contribution < 1.29 is 14.4 Å². The van der Waals surface area contributed by atoms with E-state index in [1.165, 1.54) is 4.90 Å². The number of halogens is 2. The van der Waals surface area contributed by atoms with E-state index in [0.29, 0.717) is 35.0 Å². The van der Waals surface area contributed by atoms with E-state index in [9.17, 15) is 14.4 Å². The Labute approximate surface area is 178 Å². The molecule has 6 nitrogen and oxygen atoms in total. The van der Waals surface area contributed by atoms with Gasteiger partial charge in [-0.1, -0.05) is 47.5 Å². The normalized spacial score (nSPS) is 21.6. The third-order valence-corrected chi connectivity index (χ3v) is 5.97. The molecule has 0 radical (unpaired) electrons. The topological polar surface area (TPSA) is 69.7 Å². The second-order valence-corrected chi connectivity index (χ2v) is 8.18. The van der Waals surface area contributed by atoms with Crippen LogP contribution in [0.5, 0.6) is 0 Å². The fourth-order valence-electron chi connectivity index (χ4n) is 3.90. The fraction of sp³-hybridized carbons (Fsp3) is 0.286. The van der Waals surface area contributed by atoms with E-state index in [0.717, 1.165) is 5.56 Å². The van der Waals surface area contributed by atoms with Gasteiger partial charge in [-0.05, 0) is 42.7 Å². The molecule has 2 aromatic rings. The molecule has 0 aliphatic carbocycles. The summed E-state index contributed by atoms with van der Waals surface area (Å²) in [5, 5.41) is 3.79. The molecule has 2 aromatic carbocycles. The van der Waals surface area contributed by atoms with Gasteiger partial charge in [0.25, 0.3) is 11.8 Å². The summed E-state index contributed by atoms with van der Waals surface area (Å²) in [7, 11) is 0. The number of amides is 4. The van der Waals surface area contributed by atoms with E-state index >= 15 is 0 Å². The number of likely N-dealkylation sites (tertiary alicyclic amines) is 1. The Morgan fingerprint density at radius 2 is 1.79 bits per heavy atom. The van der Waals surface area contributed by atoms with Crippen molar-refractivity contribution in [1.82, 2.24) is 15.1 Å². The largest absolute Gasteiger partial charge is 0.336 e. The summed E-state index contributed by atoms with van der Waals surface area (Å²) in [5.74, 6) is -0.554. The molecule has 29 heavy (non-hydrogen) atoms. The Morgan fingerprint density at radius 1 is 1.07 bits per heavy atom. The highest BCUT2D eigenvalue weighted by Gasteiger charge is 2.53. The number of hydrogen-bond donors (Lipinski definition) is 1. The molecule has 0 unspecified atom stereocenters. The van der Waals surface area contributed by atoms with Crippen LogP contribution >= 0.6 is 23.2 Å². The van der Waals surface area contributed by atoms with Gasteiger partial charge in [0.2, 0.25) is 0 Å². The molecule has 4 rings (SSSR count). The van der Waals surface area contributed by atoms with Crippen molar-refractivity contribution in [3.8, 4) is 0 Å². The van der Waals surface area contributed by atoms with Crippen LogP contribution in [0.4, 0.5) is 4.79 Å². The van der Waals surface area contributed by atoms with Gasteiger partial charge in [-0.25, -0.2) is 4.79 Å². The quantitative estimate of drug-likeness (QED) is 0.752. The smallest absolute Gasteiger partial charge is 0.325 e. The Hall–Kier alpha value is -2.57. The number of piperidine rings is 1. The monoisotopic (exact) mass is 431 g/mol. The van der Waals surface area contributed by atoms with Gasteiger partial charge in [0.15, 0.2) is 0 Å². The summed E-state index contributed by atoms with van der Waals surface area (Å²) in [6.45, 7) is 0.785. The molecule has 4 amide bonds. The third-order valence-electron chi connectivity index (χ3n) is 5.38. The summed E-state index contributed by atoms with van der Waals surface area (Å²) in [6, 6.07) is 13.4. The highest BCUT2D eigenvalue weighted by Crippen LogP contribution is 2.31. The first-order valence-electron chi connectivity index (χ1n) is 9.32. The van der Waals surface area contributed by atoms with Crippen molar-refractivity contribution in [3.63, 3.8) is 0 Å². The standard InChI is InChI=1S/C21H19Cl2N3O3/c22-15-8-6-14(7-9-15)12-26-19(28)21(24-20(26)29)10-3-11-25(13-21)18(27)16-4-1-2-5-17(16)23/h1-2,4-9H,3,10-13H2,(H,24,29)/t21-/m1/s1. The predicted octanol–water partition coefficient (Wildman–Crippen LogP) is 3.72. The summed E-state index contributed by atoms with van der Waals surface area (Å²) in [4.78, 5) is 41.5. The van der Waals surface area contributed by atoms with Gasteiger partial charge in [-0.2, -0.15) is 0 Å². The minimum Gasteiger partial charge on any atom is -0.336 e. The van der Waals surface area contributed by atoms with Crippen molar-refractivity contribution in [1.29, 1.82) is 0 Å². The third kappa shape index (κ3) is 3.70. The average Bonchev–Trinajstić information content (AvgIpc) is 2.93. The summed E-state index contributed by atoms with van der Waals surface area (Å²) in [6.07, 6.45) is 1.10. The predicted molar refractivity (Wildman–Crippen MR) is 110 cm³/mol. The number of nitrogens with zero attached hydrogens (tertiary/aromatic N) is 2. The Morgan fingerprint density at radius 3 is 2.52 bits per heavy atom. The number of imide groups is 1. The van der Waals surface area contributed by atoms with Crippen molar-refractivity contribution in [2.24, 2.45) is 0 Å². The lowest BCUT2D eigenvalue weighted by molar-refractivity contribution is -0.133. The maximum atomic E-state index is 13.2. The molecule has 2 aliphatic heterocycles. The van der Waals surface area contributed by atoms with Crippen molar-refractivity contribution >= 4 is 41.0 Å². The van der Waals surface area contributed by atoms with E-state index < -0.39 is 11.6 Å². The molecule has 0 aromatic heterocycles. The molecule has 1 spiro atoms. The second-order valence-electron chi connectivity index (χ2n) is 7.34. The molecule has 2 aliphatic rings. The van der Waals surface area contributed by atoms with E-state index in [1.54, 1.807) is 53.4 Å². The minimum atomic E-state index is -1.10. The lowest BCUT2D eigenvalue weighted by Gasteiger charge is -2.38. The SMILES string of the molecule is O=C(c1ccccc1Cl)N1CCC[C@]2(C1)NC(=O)N(Cc1ccc(Cl)cc1)C2=O. The zero-order valence-corrected chi connectivity index (χ0v) is 17.0. The number of nitrogens with one attached hydrogen (secondary N) is 1. The first-order valence-corrected chi connectivity index (χ1v) is 10.1. The number of carbonyl (C=O) groups excluding carboxylic acids is 3. The molecule has 0 bridgehead atoms. The highest BCUT2D eigenvalue weighted by atomic mass is 35.5. The maximum Gasteiger partial charge on any atom is 0.325 e.